The van der Waals surface area contributed by atoms with Gasteiger partial charge in [0, 0.05) is 13.1 Å². The highest BCUT2D eigenvalue weighted by Gasteiger charge is 2.30. The third kappa shape index (κ3) is 2.44. The predicted molar refractivity (Wildman–Crippen MR) is 47.9 cm³/mol. The topological polar surface area (TPSA) is 32.7 Å². The van der Waals surface area contributed by atoms with Gasteiger partial charge in [0.2, 0.25) is 0 Å². The first-order valence-electron chi connectivity index (χ1n) is 4.52. The molecular weight excluding hydrogens is 154 g/mol. The Morgan fingerprint density at radius 1 is 1.25 bits per heavy atom. The summed E-state index contributed by atoms with van der Waals surface area (Å²) >= 11 is 0. The van der Waals surface area contributed by atoms with E-state index in [1.165, 1.54) is 0 Å². The minimum atomic E-state index is -0.716. The molecule has 3 heteroatoms. The number of aliphatic hydroxyl groups is 1. The van der Waals surface area contributed by atoms with E-state index in [0.717, 1.165) is 13.1 Å². The van der Waals surface area contributed by atoms with Crippen LogP contribution in [0.4, 0.5) is 0 Å². The Kier molecular flexibility index (Phi) is 2.76. The van der Waals surface area contributed by atoms with Crippen molar-refractivity contribution in [2.75, 3.05) is 13.1 Å². The molecule has 0 aromatic heterocycles. The first-order chi connectivity index (χ1) is 5.39. The molecule has 0 aromatic carbocycles. The molecule has 1 aliphatic rings. The van der Waals surface area contributed by atoms with Gasteiger partial charge in [0.05, 0.1) is 12.2 Å². The highest BCUT2D eigenvalue weighted by atomic mass is 16.5. The van der Waals surface area contributed by atoms with Crippen molar-refractivity contribution in [2.24, 2.45) is 0 Å². The van der Waals surface area contributed by atoms with Crippen LogP contribution in [0.2, 0.25) is 0 Å². The lowest BCUT2D eigenvalue weighted by atomic mass is 10.1. The SMILES string of the molecule is CC1CN(C(C)(C)O)CC(C)O1. The van der Waals surface area contributed by atoms with Crippen molar-refractivity contribution < 1.29 is 9.84 Å². The predicted octanol–water partition coefficient (Wildman–Crippen LogP) is 0.824. The maximum Gasteiger partial charge on any atom is 0.113 e. The van der Waals surface area contributed by atoms with Crippen molar-refractivity contribution in [3.05, 3.63) is 0 Å². The van der Waals surface area contributed by atoms with Crippen molar-refractivity contribution >= 4 is 0 Å². The van der Waals surface area contributed by atoms with Crippen LogP contribution in [0.5, 0.6) is 0 Å². The minimum Gasteiger partial charge on any atom is -0.376 e. The normalized spacial score (nSPS) is 33.8. The van der Waals surface area contributed by atoms with Gasteiger partial charge in [-0.15, -0.1) is 0 Å². The summed E-state index contributed by atoms with van der Waals surface area (Å²) in [7, 11) is 0. The van der Waals surface area contributed by atoms with Gasteiger partial charge in [-0.3, -0.25) is 4.90 Å². The van der Waals surface area contributed by atoms with Gasteiger partial charge in [-0.1, -0.05) is 0 Å². The van der Waals surface area contributed by atoms with Crippen LogP contribution >= 0.6 is 0 Å². The number of rotatable bonds is 1. The van der Waals surface area contributed by atoms with E-state index < -0.39 is 5.72 Å². The van der Waals surface area contributed by atoms with E-state index in [0.29, 0.717) is 0 Å². The number of morpholine rings is 1. The summed E-state index contributed by atoms with van der Waals surface area (Å²) < 4.78 is 5.56. The number of ether oxygens (including phenoxy) is 1. The van der Waals surface area contributed by atoms with Gasteiger partial charge in [-0.25, -0.2) is 0 Å². The molecule has 1 rings (SSSR count). The lowest BCUT2D eigenvalue weighted by molar-refractivity contribution is -0.158. The minimum absolute atomic E-state index is 0.222. The largest absolute Gasteiger partial charge is 0.376 e. The van der Waals surface area contributed by atoms with Crippen LogP contribution in [-0.4, -0.2) is 41.0 Å². The Hall–Kier alpha value is -0.120. The molecule has 1 fully saturated rings. The first-order valence-corrected chi connectivity index (χ1v) is 4.52. The molecule has 0 aromatic rings. The van der Waals surface area contributed by atoms with Crippen molar-refractivity contribution in [3.63, 3.8) is 0 Å². The van der Waals surface area contributed by atoms with E-state index in [1.807, 2.05) is 32.6 Å². The second-order valence-electron chi connectivity index (χ2n) is 4.16. The average Bonchev–Trinajstić information content (AvgIpc) is 1.82. The van der Waals surface area contributed by atoms with Crippen molar-refractivity contribution in [2.45, 2.75) is 45.6 Å². The van der Waals surface area contributed by atoms with Gasteiger partial charge in [0.1, 0.15) is 5.72 Å². The molecule has 2 atom stereocenters. The standard InChI is InChI=1S/C9H19NO2/c1-7-5-10(9(3,4)11)6-8(2)12-7/h7-8,11H,5-6H2,1-4H3. The third-order valence-electron chi connectivity index (χ3n) is 2.19. The first kappa shape index (κ1) is 9.96. The van der Waals surface area contributed by atoms with E-state index >= 15 is 0 Å². The second-order valence-corrected chi connectivity index (χ2v) is 4.16. The summed E-state index contributed by atoms with van der Waals surface area (Å²) in [4.78, 5) is 2.05. The molecule has 0 amide bonds. The molecule has 3 nitrogen and oxygen atoms in total. The molecule has 1 N–H and O–H groups in total. The smallest absolute Gasteiger partial charge is 0.113 e. The summed E-state index contributed by atoms with van der Waals surface area (Å²) in [5.41, 5.74) is -0.716. The Morgan fingerprint density at radius 2 is 1.67 bits per heavy atom. The van der Waals surface area contributed by atoms with E-state index in [-0.39, 0.29) is 12.2 Å². The molecular formula is C9H19NO2. The molecule has 0 saturated carbocycles. The fraction of sp³-hybridized carbons (Fsp3) is 1.00. The quantitative estimate of drug-likeness (QED) is 0.637. The Balaban J connectivity index is 2.55. The second kappa shape index (κ2) is 3.32. The number of hydrogen-bond acceptors (Lipinski definition) is 3. The molecule has 1 heterocycles. The van der Waals surface area contributed by atoms with Gasteiger partial charge in [-0.2, -0.15) is 0 Å². The third-order valence-corrected chi connectivity index (χ3v) is 2.19. The monoisotopic (exact) mass is 173 g/mol. The van der Waals surface area contributed by atoms with Gasteiger partial charge < -0.3 is 9.84 Å². The Bertz CT molecular complexity index is 143. The van der Waals surface area contributed by atoms with Crippen LogP contribution in [0.3, 0.4) is 0 Å². The van der Waals surface area contributed by atoms with Crippen LogP contribution in [0.1, 0.15) is 27.7 Å². The van der Waals surface area contributed by atoms with Crippen molar-refractivity contribution in [3.8, 4) is 0 Å². The Morgan fingerprint density at radius 3 is 2.00 bits per heavy atom. The zero-order valence-corrected chi connectivity index (χ0v) is 8.37. The molecule has 1 saturated heterocycles. The van der Waals surface area contributed by atoms with Crippen LogP contribution in [0.15, 0.2) is 0 Å². The van der Waals surface area contributed by atoms with Gasteiger partial charge >= 0.3 is 0 Å². The molecule has 72 valence electrons. The summed E-state index contributed by atoms with van der Waals surface area (Å²) in [6.45, 7) is 9.33. The number of hydrogen-bond donors (Lipinski definition) is 1. The maximum absolute atomic E-state index is 9.75. The van der Waals surface area contributed by atoms with Crippen LogP contribution in [0.25, 0.3) is 0 Å². The lowest BCUT2D eigenvalue weighted by Gasteiger charge is -2.42. The zero-order valence-electron chi connectivity index (χ0n) is 8.37. The van der Waals surface area contributed by atoms with Gasteiger partial charge in [0.15, 0.2) is 0 Å². The summed E-state index contributed by atoms with van der Waals surface area (Å²) in [5.74, 6) is 0. The summed E-state index contributed by atoms with van der Waals surface area (Å²) in [5, 5.41) is 9.75. The van der Waals surface area contributed by atoms with E-state index in [1.54, 1.807) is 0 Å². The van der Waals surface area contributed by atoms with E-state index in [9.17, 15) is 5.11 Å². The van der Waals surface area contributed by atoms with Gasteiger partial charge in [0.25, 0.3) is 0 Å². The molecule has 0 bridgehead atoms. The molecule has 0 spiro atoms. The zero-order chi connectivity index (χ0) is 9.35. The average molecular weight is 173 g/mol. The van der Waals surface area contributed by atoms with Crippen molar-refractivity contribution in [1.82, 2.24) is 4.90 Å². The van der Waals surface area contributed by atoms with Gasteiger partial charge in [-0.05, 0) is 27.7 Å². The van der Waals surface area contributed by atoms with Crippen LogP contribution < -0.4 is 0 Å². The fourth-order valence-electron chi connectivity index (χ4n) is 1.62. The number of nitrogens with zero attached hydrogens (tertiary/aromatic N) is 1. The van der Waals surface area contributed by atoms with Crippen LogP contribution in [0, 0.1) is 0 Å². The molecule has 12 heavy (non-hydrogen) atoms. The summed E-state index contributed by atoms with van der Waals surface area (Å²) in [6.07, 6.45) is 0.445. The summed E-state index contributed by atoms with van der Waals surface area (Å²) in [6, 6.07) is 0. The molecule has 1 aliphatic heterocycles. The Labute approximate surface area is 74.3 Å². The van der Waals surface area contributed by atoms with Crippen molar-refractivity contribution in [1.29, 1.82) is 0 Å². The highest BCUT2D eigenvalue weighted by molar-refractivity contribution is 4.78. The fourth-order valence-corrected chi connectivity index (χ4v) is 1.62. The van der Waals surface area contributed by atoms with E-state index in [4.69, 9.17) is 4.74 Å². The highest BCUT2D eigenvalue weighted by Crippen LogP contribution is 2.18. The molecule has 2 unspecified atom stereocenters. The van der Waals surface area contributed by atoms with Crippen LogP contribution in [-0.2, 0) is 4.74 Å². The molecule has 0 aliphatic carbocycles. The van der Waals surface area contributed by atoms with E-state index in [2.05, 4.69) is 0 Å². The lowest BCUT2D eigenvalue weighted by Crippen LogP contribution is -2.54. The maximum atomic E-state index is 9.75. The molecule has 0 radical (unpaired) electrons.